The molecule has 0 aliphatic rings. The summed E-state index contributed by atoms with van der Waals surface area (Å²) in [6, 6.07) is 13.7. The summed E-state index contributed by atoms with van der Waals surface area (Å²) >= 11 is 0. The van der Waals surface area contributed by atoms with E-state index in [9.17, 15) is 0 Å². The van der Waals surface area contributed by atoms with E-state index in [-0.39, 0.29) is 0 Å². The van der Waals surface area contributed by atoms with Crippen LogP contribution in [0.5, 0.6) is 0 Å². The summed E-state index contributed by atoms with van der Waals surface area (Å²) in [5.41, 5.74) is 5.44. The van der Waals surface area contributed by atoms with Gasteiger partial charge in [-0.05, 0) is 44.0 Å². The zero-order valence-corrected chi connectivity index (χ0v) is 13.6. The van der Waals surface area contributed by atoms with E-state index in [2.05, 4.69) is 68.7 Å². The van der Waals surface area contributed by atoms with Crippen LogP contribution in [0, 0.1) is 19.8 Å². The Morgan fingerprint density at radius 2 is 1.29 bits per heavy atom. The molecule has 0 aliphatic heterocycles. The first-order valence-electron chi connectivity index (χ1n) is 8.13. The topological polar surface area (TPSA) is 4.93 Å². The van der Waals surface area contributed by atoms with Crippen molar-refractivity contribution in [2.45, 2.75) is 47.1 Å². The molecule has 1 heteroatoms. The maximum Gasteiger partial charge on any atom is 0.0491 e. The molecule has 2 aromatic carbocycles. The first-order valence-corrected chi connectivity index (χ1v) is 8.13. The molecule has 0 spiro atoms. The Labute approximate surface area is 127 Å². The first-order chi connectivity index (χ1) is 10.1. The molecular weight excluding hydrogens is 254 g/mol. The largest absolute Gasteiger partial charge is 0.340 e. The number of aromatic nitrogens is 1. The van der Waals surface area contributed by atoms with Gasteiger partial charge in [0.1, 0.15) is 0 Å². The van der Waals surface area contributed by atoms with E-state index in [1.165, 1.54) is 45.8 Å². The molecule has 21 heavy (non-hydrogen) atoms. The third kappa shape index (κ3) is 2.46. The predicted molar refractivity (Wildman–Crippen MR) is 93.0 cm³/mol. The van der Waals surface area contributed by atoms with E-state index in [1.54, 1.807) is 0 Å². The van der Waals surface area contributed by atoms with Gasteiger partial charge in [-0.2, -0.15) is 0 Å². The molecule has 0 fully saturated rings. The van der Waals surface area contributed by atoms with Crippen LogP contribution < -0.4 is 0 Å². The first kappa shape index (κ1) is 14.2. The van der Waals surface area contributed by atoms with E-state index in [4.69, 9.17) is 0 Å². The van der Waals surface area contributed by atoms with Crippen molar-refractivity contribution in [3.63, 3.8) is 0 Å². The van der Waals surface area contributed by atoms with Gasteiger partial charge in [0.2, 0.25) is 0 Å². The fourth-order valence-corrected chi connectivity index (χ4v) is 3.33. The van der Waals surface area contributed by atoms with Gasteiger partial charge in [0, 0.05) is 28.4 Å². The summed E-state index contributed by atoms with van der Waals surface area (Å²) in [5.74, 6) is 0.756. The molecule has 0 bridgehead atoms. The van der Waals surface area contributed by atoms with Gasteiger partial charge in [0.15, 0.2) is 0 Å². The monoisotopic (exact) mass is 279 g/mol. The fourth-order valence-electron chi connectivity index (χ4n) is 3.33. The summed E-state index contributed by atoms with van der Waals surface area (Å²) in [6.45, 7) is 10.1. The maximum absolute atomic E-state index is 2.53. The molecule has 0 saturated heterocycles. The number of nitrogens with zero attached hydrogens (tertiary/aromatic N) is 1. The second-order valence-corrected chi connectivity index (χ2v) is 6.33. The molecule has 0 aliphatic carbocycles. The van der Waals surface area contributed by atoms with Gasteiger partial charge in [0.25, 0.3) is 0 Å². The van der Waals surface area contributed by atoms with E-state index in [0.29, 0.717) is 0 Å². The number of rotatable bonds is 4. The van der Waals surface area contributed by atoms with Crippen molar-refractivity contribution >= 4 is 21.8 Å². The van der Waals surface area contributed by atoms with Gasteiger partial charge in [-0.3, -0.25) is 0 Å². The number of aryl methyl sites for hydroxylation is 2. The molecule has 0 amide bonds. The van der Waals surface area contributed by atoms with Crippen LogP contribution in [-0.4, -0.2) is 4.57 Å². The van der Waals surface area contributed by atoms with Crippen molar-refractivity contribution in [2.75, 3.05) is 0 Å². The molecule has 0 saturated carbocycles. The standard InChI is InChI=1S/C20H25N/c1-5-16(6-2)13-21-19-9-7-14(3)11-17(19)18-12-15(4)8-10-20(18)21/h7-12,16H,5-6,13H2,1-4H3. The van der Waals surface area contributed by atoms with Gasteiger partial charge in [0.05, 0.1) is 0 Å². The van der Waals surface area contributed by atoms with Gasteiger partial charge in [-0.1, -0.05) is 49.9 Å². The Hall–Kier alpha value is -1.76. The molecule has 3 aromatic rings. The lowest BCUT2D eigenvalue weighted by atomic mass is 10.0. The third-order valence-corrected chi connectivity index (χ3v) is 4.77. The summed E-state index contributed by atoms with van der Waals surface area (Å²) in [4.78, 5) is 0. The highest BCUT2D eigenvalue weighted by molar-refractivity contribution is 6.08. The van der Waals surface area contributed by atoms with Crippen molar-refractivity contribution in [2.24, 2.45) is 5.92 Å². The van der Waals surface area contributed by atoms with Crippen molar-refractivity contribution in [3.8, 4) is 0 Å². The summed E-state index contributed by atoms with van der Waals surface area (Å²) in [6.07, 6.45) is 2.49. The third-order valence-electron chi connectivity index (χ3n) is 4.77. The van der Waals surface area contributed by atoms with E-state index < -0.39 is 0 Å². The smallest absolute Gasteiger partial charge is 0.0491 e. The Kier molecular flexibility index (Phi) is 3.75. The van der Waals surface area contributed by atoms with E-state index in [0.717, 1.165) is 12.5 Å². The number of hydrogen-bond acceptors (Lipinski definition) is 0. The van der Waals surface area contributed by atoms with Crippen LogP contribution in [0.2, 0.25) is 0 Å². The van der Waals surface area contributed by atoms with Crippen LogP contribution in [0.25, 0.3) is 21.8 Å². The van der Waals surface area contributed by atoms with Crippen molar-refractivity contribution < 1.29 is 0 Å². The quantitative estimate of drug-likeness (QED) is 0.564. The summed E-state index contributed by atoms with van der Waals surface area (Å²) < 4.78 is 2.53. The number of hydrogen-bond donors (Lipinski definition) is 0. The normalized spacial score (nSPS) is 11.9. The van der Waals surface area contributed by atoms with Gasteiger partial charge < -0.3 is 4.57 Å². The Morgan fingerprint density at radius 3 is 1.71 bits per heavy atom. The highest BCUT2D eigenvalue weighted by Gasteiger charge is 2.13. The van der Waals surface area contributed by atoms with E-state index in [1.807, 2.05) is 0 Å². The highest BCUT2D eigenvalue weighted by atomic mass is 15.0. The SMILES string of the molecule is CCC(CC)Cn1c2ccc(C)cc2c2cc(C)ccc21. The average molecular weight is 279 g/mol. The maximum atomic E-state index is 2.53. The fraction of sp³-hybridized carbons (Fsp3) is 0.400. The van der Waals surface area contributed by atoms with Crippen LogP contribution in [-0.2, 0) is 6.54 Å². The zero-order valence-electron chi connectivity index (χ0n) is 13.6. The lowest BCUT2D eigenvalue weighted by Crippen LogP contribution is -2.08. The minimum Gasteiger partial charge on any atom is -0.340 e. The molecule has 0 atom stereocenters. The minimum atomic E-state index is 0.756. The minimum absolute atomic E-state index is 0.756. The zero-order chi connectivity index (χ0) is 15.0. The Balaban J connectivity index is 2.29. The molecule has 0 unspecified atom stereocenters. The molecule has 110 valence electrons. The number of benzene rings is 2. The van der Waals surface area contributed by atoms with Gasteiger partial charge in [-0.15, -0.1) is 0 Å². The lowest BCUT2D eigenvalue weighted by molar-refractivity contribution is 0.431. The Bertz CT molecular complexity index is 716. The highest BCUT2D eigenvalue weighted by Crippen LogP contribution is 2.31. The molecule has 0 radical (unpaired) electrons. The lowest BCUT2D eigenvalue weighted by Gasteiger charge is -2.15. The van der Waals surface area contributed by atoms with Crippen molar-refractivity contribution in [1.29, 1.82) is 0 Å². The van der Waals surface area contributed by atoms with Crippen LogP contribution >= 0.6 is 0 Å². The molecular formula is C20H25N. The molecule has 1 aromatic heterocycles. The van der Waals surface area contributed by atoms with E-state index >= 15 is 0 Å². The summed E-state index contributed by atoms with van der Waals surface area (Å²) in [5, 5.41) is 2.80. The molecule has 0 N–H and O–H groups in total. The van der Waals surface area contributed by atoms with Gasteiger partial charge in [-0.25, -0.2) is 0 Å². The number of fused-ring (bicyclic) bond motifs is 3. The summed E-state index contributed by atoms with van der Waals surface area (Å²) in [7, 11) is 0. The molecule has 3 rings (SSSR count). The van der Waals surface area contributed by atoms with Crippen LogP contribution in [0.4, 0.5) is 0 Å². The van der Waals surface area contributed by atoms with Crippen LogP contribution in [0.15, 0.2) is 36.4 Å². The van der Waals surface area contributed by atoms with Gasteiger partial charge >= 0.3 is 0 Å². The molecule has 1 heterocycles. The predicted octanol–water partition coefficient (Wildman–Crippen LogP) is 5.85. The van der Waals surface area contributed by atoms with Crippen LogP contribution in [0.3, 0.4) is 0 Å². The second kappa shape index (κ2) is 5.55. The second-order valence-electron chi connectivity index (χ2n) is 6.33. The Morgan fingerprint density at radius 1 is 0.810 bits per heavy atom. The average Bonchev–Trinajstić information content (AvgIpc) is 2.77. The molecule has 1 nitrogen and oxygen atoms in total. The van der Waals surface area contributed by atoms with Crippen molar-refractivity contribution in [1.82, 2.24) is 4.57 Å². The van der Waals surface area contributed by atoms with Crippen LogP contribution in [0.1, 0.15) is 37.8 Å². The van der Waals surface area contributed by atoms with Crippen molar-refractivity contribution in [3.05, 3.63) is 47.5 Å².